The van der Waals surface area contributed by atoms with Crippen LogP contribution in [0.5, 0.6) is 23.0 Å². The van der Waals surface area contributed by atoms with E-state index in [9.17, 15) is 19.8 Å². The van der Waals surface area contributed by atoms with E-state index in [4.69, 9.17) is 9.47 Å². The van der Waals surface area contributed by atoms with Gasteiger partial charge in [0.05, 0.1) is 11.1 Å². The molecular formula is C31H24O6. The molecule has 0 aliphatic heterocycles. The van der Waals surface area contributed by atoms with Gasteiger partial charge >= 0.3 is 11.9 Å². The molecule has 0 unspecified atom stereocenters. The van der Waals surface area contributed by atoms with Crippen LogP contribution in [-0.4, -0.2) is 22.2 Å². The number of phenols is 2. The third kappa shape index (κ3) is 5.23. The molecule has 0 spiro atoms. The fraction of sp³-hybridized carbons (Fsp3) is 0.0968. The van der Waals surface area contributed by atoms with Crippen LogP contribution in [0.25, 0.3) is 21.5 Å². The number of carbonyl (C=O) groups excluding carboxylic acids is 2. The zero-order valence-corrected chi connectivity index (χ0v) is 20.1. The van der Waals surface area contributed by atoms with Crippen molar-refractivity contribution >= 4 is 33.5 Å². The minimum Gasteiger partial charge on any atom is -0.508 e. The van der Waals surface area contributed by atoms with Gasteiger partial charge in [0.2, 0.25) is 0 Å². The number of esters is 2. The first-order valence-corrected chi connectivity index (χ1v) is 11.9. The van der Waals surface area contributed by atoms with E-state index in [-0.39, 0.29) is 11.5 Å². The third-order valence-corrected chi connectivity index (χ3v) is 6.08. The lowest BCUT2D eigenvalue weighted by Crippen LogP contribution is -2.11. The Morgan fingerprint density at radius 1 is 0.622 bits per heavy atom. The lowest BCUT2D eigenvalue weighted by Gasteiger charge is -2.12. The minimum absolute atomic E-state index is 0.160. The van der Waals surface area contributed by atoms with Gasteiger partial charge in [0.25, 0.3) is 0 Å². The van der Waals surface area contributed by atoms with Crippen molar-refractivity contribution in [2.45, 2.75) is 19.8 Å². The lowest BCUT2D eigenvalue weighted by atomic mass is 10.1. The van der Waals surface area contributed by atoms with E-state index in [0.29, 0.717) is 29.0 Å². The maximum absolute atomic E-state index is 12.9. The van der Waals surface area contributed by atoms with E-state index in [1.807, 2.05) is 6.92 Å². The molecule has 37 heavy (non-hydrogen) atoms. The molecule has 0 atom stereocenters. The van der Waals surface area contributed by atoms with Gasteiger partial charge in [0.1, 0.15) is 23.0 Å². The molecular weight excluding hydrogens is 468 g/mol. The predicted molar refractivity (Wildman–Crippen MR) is 142 cm³/mol. The van der Waals surface area contributed by atoms with E-state index >= 15 is 0 Å². The number of aryl methyl sites for hydroxylation is 1. The van der Waals surface area contributed by atoms with E-state index in [0.717, 1.165) is 33.5 Å². The monoisotopic (exact) mass is 492 g/mol. The van der Waals surface area contributed by atoms with Crippen molar-refractivity contribution in [2.24, 2.45) is 0 Å². The molecule has 0 amide bonds. The van der Waals surface area contributed by atoms with Gasteiger partial charge in [-0.2, -0.15) is 0 Å². The summed E-state index contributed by atoms with van der Waals surface area (Å²) < 4.78 is 11.3. The molecule has 0 bridgehead atoms. The van der Waals surface area contributed by atoms with Gasteiger partial charge in [-0.1, -0.05) is 37.6 Å². The molecule has 5 aromatic rings. The van der Waals surface area contributed by atoms with Crippen LogP contribution in [-0.2, 0) is 6.42 Å². The molecule has 0 saturated heterocycles. The molecule has 6 nitrogen and oxygen atoms in total. The SMILES string of the molecule is CCCc1cc(OC(=O)c2ccc3cc(O)ccc3c2)ccc1OC(=O)c1ccc2cc(O)ccc2c1. The summed E-state index contributed by atoms with van der Waals surface area (Å²) in [5.41, 5.74) is 1.52. The molecule has 0 heterocycles. The van der Waals surface area contributed by atoms with Crippen LogP contribution in [0.15, 0.2) is 91.0 Å². The second-order valence-electron chi connectivity index (χ2n) is 8.79. The number of phenolic OH excluding ortho intramolecular Hbond substituents is 2. The van der Waals surface area contributed by atoms with E-state index < -0.39 is 11.9 Å². The smallest absolute Gasteiger partial charge is 0.343 e. The van der Waals surface area contributed by atoms with Gasteiger partial charge in [-0.25, -0.2) is 9.59 Å². The van der Waals surface area contributed by atoms with Crippen LogP contribution in [0.3, 0.4) is 0 Å². The summed E-state index contributed by atoms with van der Waals surface area (Å²) in [5.74, 6) is 0.0675. The van der Waals surface area contributed by atoms with E-state index in [2.05, 4.69) is 0 Å². The highest BCUT2D eigenvalue weighted by molar-refractivity contribution is 5.98. The number of ether oxygens (including phenoxy) is 2. The average molecular weight is 493 g/mol. The first kappa shape index (κ1) is 23.9. The van der Waals surface area contributed by atoms with Gasteiger partial charge in [0, 0.05) is 0 Å². The summed E-state index contributed by atoms with van der Waals surface area (Å²) in [6.07, 6.45) is 1.43. The van der Waals surface area contributed by atoms with Crippen LogP contribution >= 0.6 is 0 Å². The predicted octanol–water partition coefficient (Wildman–Crippen LogP) is 6.80. The second kappa shape index (κ2) is 10.0. The summed E-state index contributed by atoms with van der Waals surface area (Å²) in [7, 11) is 0. The van der Waals surface area contributed by atoms with Gasteiger partial charge in [-0.05, 0) is 100 Å². The van der Waals surface area contributed by atoms with Crippen LogP contribution < -0.4 is 9.47 Å². The van der Waals surface area contributed by atoms with Gasteiger partial charge in [0.15, 0.2) is 0 Å². The maximum atomic E-state index is 12.9. The lowest BCUT2D eigenvalue weighted by molar-refractivity contribution is 0.0718. The molecule has 5 rings (SSSR count). The van der Waals surface area contributed by atoms with Crippen molar-refractivity contribution in [3.05, 3.63) is 108 Å². The second-order valence-corrected chi connectivity index (χ2v) is 8.79. The maximum Gasteiger partial charge on any atom is 0.343 e. The topological polar surface area (TPSA) is 93.1 Å². The number of aromatic hydroxyl groups is 2. The standard InChI is InChI=1S/C31H24O6/c1-2-3-23-18-28(36-30(34)24-6-4-21-16-26(32)10-8-19(21)14-24)12-13-29(23)37-31(35)25-7-5-22-17-27(33)11-9-20(22)15-25/h4-18,32-33H,2-3H2,1H3. The zero-order valence-electron chi connectivity index (χ0n) is 20.1. The fourth-order valence-corrected chi connectivity index (χ4v) is 4.23. The fourth-order valence-electron chi connectivity index (χ4n) is 4.23. The molecule has 0 aliphatic rings. The molecule has 184 valence electrons. The Balaban J connectivity index is 1.35. The summed E-state index contributed by atoms with van der Waals surface area (Å²) in [5, 5.41) is 22.5. The first-order chi connectivity index (χ1) is 17.9. The molecule has 5 aromatic carbocycles. The van der Waals surface area contributed by atoms with E-state index in [1.54, 1.807) is 91.0 Å². The van der Waals surface area contributed by atoms with Crippen molar-refractivity contribution in [1.29, 1.82) is 0 Å². The zero-order chi connectivity index (χ0) is 25.9. The molecule has 6 heteroatoms. The quantitative estimate of drug-likeness (QED) is 0.200. The van der Waals surface area contributed by atoms with Crippen molar-refractivity contribution in [3.63, 3.8) is 0 Å². The number of carbonyl (C=O) groups is 2. The highest BCUT2D eigenvalue weighted by Crippen LogP contribution is 2.29. The Hall–Kier alpha value is -4.84. The first-order valence-electron chi connectivity index (χ1n) is 11.9. The van der Waals surface area contributed by atoms with Crippen LogP contribution in [0.4, 0.5) is 0 Å². The third-order valence-electron chi connectivity index (χ3n) is 6.08. The number of hydrogen-bond acceptors (Lipinski definition) is 6. The Morgan fingerprint density at radius 3 is 1.70 bits per heavy atom. The van der Waals surface area contributed by atoms with Gasteiger partial charge in [-0.3, -0.25) is 0 Å². The Bertz CT molecular complexity index is 1650. The average Bonchev–Trinajstić information content (AvgIpc) is 2.89. The number of fused-ring (bicyclic) bond motifs is 2. The molecule has 0 saturated carbocycles. The summed E-state index contributed by atoms with van der Waals surface area (Å²) in [4.78, 5) is 25.7. The van der Waals surface area contributed by atoms with Crippen LogP contribution in [0.1, 0.15) is 39.6 Å². The Labute approximate surface area is 213 Å². The molecule has 2 N–H and O–H groups in total. The largest absolute Gasteiger partial charge is 0.508 e. The van der Waals surface area contributed by atoms with Crippen molar-refractivity contribution in [3.8, 4) is 23.0 Å². The van der Waals surface area contributed by atoms with Gasteiger partial charge < -0.3 is 19.7 Å². The highest BCUT2D eigenvalue weighted by Gasteiger charge is 2.15. The number of benzene rings is 5. The van der Waals surface area contributed by atoms with Gasteiger partial charge in [-0.15, -0.1) is 0 Å². The molecule has 0 aliphatic carbocycles. The van der Waals surface area contributed by atoms with Crippen molar-refractivity contribution in [2.75, 3.05) is 0 Å². The highest BCUT2D eigenvalue weighted by atomic mass is 16.5. The Morgan fingerprint density at radius 2 is 1.14 bits per heavy atom. The summed E-state index contributed by atoms with van der Waals surface area (Å²) in [6, 6.07) is 25.1. The van der Waals surface area contributed by atoms with Crippen molar-refractivity contribution < 1.29 is 29.3 Å². The van der Waals surface area contributed by atoms with Crippen molar-refractivity contribution in [1.82, 2.24) is 0 Å². The Kier molecular flexibility index (Phi) is 6.47. The molecule has 0 fully saturated rings. The number of hydrogen-bond donors (Lipinski definition) is 2. The molecule has 0 aromatic heterocycles. The molecule has 0 radical (unpaired) electrons. The van der Waals surface area contributed by atoms with Crippen LogP contribution in [0, 0.1) is 0 Å². The summed E-state index contributed by atoms with van der Waals surface area (Å²) in [6.45, 7) is 2.01. The summed E-state index contributed by atoms with van der Waals surface area (Å²) >= 11 is 0. The van der Waals surface area contributed by atoms with Crippen LogP contribution in [0.2, 0.25) is 0 Å². The minimum atomic E-state index is -0.510. The number of rotatable bonds is 6. The normalized spacial score (nSPS) is 10.9. The van der Waals surface area contributed by atoms with E-state index in [1.165, 1.54) is 0 Å².